The van der Waals surface area contributed by atoms with Crippen LogP contribution in [0.1, 0.15) is 11.1 Å². The topological polar surface area (TPSA) is 119 Å². The van der Waals surface area contributed by atoms with Crippen molar-refractivity contribution in [2.75, 3.05) is 13.2 Å². The first kappa shape index (κ1) is 19.9. The number of carbonyl (C=O) groups excluding carboxylic acids is 1. The number of primary sulfonamides is 1. The number of aryl methyl sites for hydroxylation is 1. The number of benzene rings is 2. The van der Waals surface area contributed by atoms with E-state index in [-0.39, 0.29) is 11.5 Å². The van der Waals surface area contributed by atoms with Gasteiger partial charge in [-0.3, -0.25) is 4.79 Å². The third kappa shape index (κ3) is 5.83. The molecule has 0 spiro atoms. The maximum Gasteiger partial charge on any atom is 0.252 e. The zero-order valence-electron chi connectivity index (χ0n) is 14.4. The molecule has 1 amide bonds. The summed E-state index contributed by atoms with van der Waals surface area (Å²) in [6.07, 6.45) is -0.790. The molecule has 0 aromatic heterocycles. The van der Waals surface area contributed by atoms with Gasteiger partial charge in [0, 0.05) is 6.54 Å². The van der Waals surface area contributed by atoms with Gasteiger partial charge < -0.3 is 15.2 Å². The van der Waals surface area contributed by atoms with E-state index in [0.717, 1.165) is 11.1 Å². The molecule has 8 heteroatoms. The minimum absolute atomic E-state index is 0.0362. The molecule has 1 unspecified atom stereocenters. The fourth-order valence-corrected chi connectivity index (χ4v) is 2.77. The molecule has 0 fully saturated rings. The lowest BCUT2D eigenvalue weighted by atomic mass is 10.1. The Labute approximate surface area is 152 Å². The monoisotopic (exact) mass is 378 g/mol. The van der Waals surface area contributed by atoms with Gasteiger partial charge in [0.15, 0.2) is 6.10 Å². The highest BCUT2D eigenvalue weighted by atomic mass is 32.2. The Morgan fingerprint density at radius 2 is 1.85 bits per heavy atom. The van der Waals surface area contributed by atoms with E-state index in [1.54, 1.807) is 18.2 Å². The molecule has 0 saturated heterocycles. The lowest BCUT2D eigenvalue weighted by Crippen LogP contribution is -2.39. The first-order valence-electron chi connectivity index (χ1n) is 8.03. The minimum atomic E-state index is -3.71. The normalized spacial score (nSPS) is 12.4. The summed E-state index contributed by atoms with van der Waals surface area (Å²) in [7, 11) is -3.71. The van der Waals surface area contributed by atoms with Crippen LogP contribution in [0.25, 0.3) is 0 Å². The average Bonchev–Trinajstić information content (AvgIpc) is 2.60. The van der Waals surface area contributed by atoms with Gasteiger partial charge in [-0.25, -0.2) is 13.6 Å². The summed E-state index contributed by atoms with van der Waals surface area (Å²) in [6, 6.07) is 13.4. The van der Waals surface area contributed by atoms with Gasteiger partial charge in [0.25, 0.3) is 5.91 Å². The number of ether oxygens (including phenoxy) is 1. The Balaban J connectivity index is 1.76. The minimum Gasteiger partial charge on any atom is -0.490 e. The maximum absolute atomic E-state index is 11.9. The highest BCUT2D eigenvalue weighted by Crippen LogP contribution is 2.16. The van der Waals surface area contributed by atoms with Crippen molar-refractivity contribution in [3.8, 4) is 5.75 Å². The first-order valence-corrected chi connectivity index (χ1v) is 9.58. The molecule has 0 aliphatic carbocycles. The highest BCUT2D eigenvalue weighted by molar-refractivity contribution is 7.89. The van der Waals surface area contributed by atoms with Crippen LogP contribution in [0.5, 0.6) is 5.75 Å². The van der Waals surface area contributed by atoms with Gasteiger partial charge in [-0.1, -0.05) is 30.3 Å². The summed E-state index contributed by atoms with van der Waals surface area (Å²) >= 11 is 0. The van der Waals surface area contributed by atoms with Crippen molar-refractivity contribution in [1.29, 1.82) is 0 Å². The number of para-hydroxylation sites is 1. The summed E-state index contributed by atoms with van der Waals surface area (Å²) in [5, 5.41) is 17.5. The van der Waals surface area contributed by atoms with Gasteiger partial charge >= 0.3 is 0 Å². The summed E-state index contributed by atoms with van der Waals surface area (Å²) in [6.45, 7) is 2.04. The molecule has 0 radical (unpaired) electrons. The molecule has 2 rings (SSSR count). The highest BCUT2D eigenvalue weighted by Gasteiger charge is 2.15. The second kappa shape index (κ2) is 8.79. The number of amides is 1. The second-order valence-corrected chi connectivity index (χ2v) is 7.38. The van der Waals surface area contributed by atoms with Crippen LogP contribution in [0.2, 0.25) is 0 Å². The Morgan fingerprint density at radius 1 is 1.19 bits per heavy atom. The van der Waals surface area contributed by atoms with Crippen LogP contribution in [-0.4, -0.2) is 38.7 Å². The Morgan fingerprint density at radius 3 is 2.46 bits per heavy atom. The van der Waals surface area contributed by atoms with Crippen molar-refractivity contribution in [2.45, 2.75) is 24.3 Å². The molecule has 140 valence electrons. The molecule has 26 heavy (non-hydrogen) atoms. The quantitative estimate of drug-likeness (QED) is 0.626. The van der Waals surface area contributed by atoms with Crippen LogP contribution in [0.4, 0.5) is 0 Å². The summed E-state index contributed by atoms with van der Waals surface area (Å²) in [4.78, 5) is 11.9. The molecule has 0 aliphatic rings. The van der Waals surface area contributed by atoms with Crippen molar-refractivity contribution in [3.63, 3.8) is 0 Å². The third-order valence-corrected chi connectivity index (χ3v) is 4.69. The van der Waals surface area contributed by atoms with Crippen molar-refractivity contribution in [2.24, 2.45) is 5.14 Å². The van der Waals surface area contributed by atoms with E-state index in [1.807, 2.05) is 25.1 Å². The lowest BCUT2D eigenvalue weighted by Gasteiger charge is -2.14. The Hall–Kier alpha value is -2.42. The number of rotatable bonds is 8. The van der Waals surface area contributed by atoms with E-state index in [0.29, 0.717) is 18.7 Å². The van der Waals surface area contributed by atoms with E-state index in [2.05, 4.69) is 5.32 Å². The molecule has 7 nitrogen and oxygen atoms in total. The van der Waals surface area contributed by atoms with Crippen LogP contribution >= 0.6 is 0 Å². The number of hydrogen-bond donors (Lipinski definition) is 3. The molecular formula is C18H22N2O5S. The second-order valence-electron chi connectivity index (χ2n) is 5.82. The first-order chi connectivity index (χ1) is 12.3. The summed E-state index contributed by atoms with van der Waals surface area (Å²) in [5.74, 6) is 0.0917. The molecular weight excluding hydrogens is 356 g/mol. The van der Waals surface area contributed by atoms with Crippen molar-refractivity contribution < 1.29 is 23.1 Å². The number of aliphatic hydroxyl groups excluding tert-OH is 1. The molecule has 1 atom stereocenters. The number of nitrogens with two attached hydrogens (primary N) is 1. The van der Waals surface area contributed by atoms with Crippen LogP contribution in [0.3, 0.4) is 0 Å². The van der Waals surface area contributed by atoms with E-state index < -0.39 is 22.0 Å². The van der Waals surface area contributed by atoms with Crippen molar-refractivity contribution in [1.82, 2.24) is 5.32 Å². The van der Waals surface area contributed by atoms with Gasteiger partial charge in [-0.2, -0.15) is 0 Å². The Kier molecular flexibility index (Phi) is 6.73. The number of sulfonamides is 1. The zero-order chi connectivity index (χ0) is 19.2. The Bertz CT molecular complexity index is 850. The fraction of sp³-hybridized carbons (Fsp3) is 0.278. The lowest BCUT2D eigenvalue weighted by molar-refractivity contribution is -0.130. The van der Waals surface area contributed by atoms with Crippen LogP contribution in [0, 0.1) is 6.92 Å². The van der Waals surface area contributed by atoms with Gasteiger partial charge in [-0.15, -0.1) is 0 Å². The van der Waals surface area contributed by atoms with E-state index in [9.17, 15) is 18.3 Å². The molecule has 0 bridgehead atoms. The van der Waals surface area contributed by atoms with Crippen LogP contribution in [-0.2, 0) is 21.2 Å². The summed E-state index contributed by atoms with van der Waals surface area (Å²) < 4.78 is 27.8. The standard InChI is InChI=1S/C18H22N2O5S/c1-13-4-2-3-5-17(13)25-12-16(21)18(22)20-11-10-14-6-8-15(9-7-14)26(19,23)24/h2-9,16,21H,10-12H2,1H3,(H,20,22)(H2,19,23,24). The number of nitrogens with one attached hydrogen (secondary N) is 1. The average molecular weight is 378 g/mol. The van der Waals surface area contributed by atoms with E-state index >= 15 is 0 Å². The van der Waals surface area contributed by atoms with E-state index in [1.165, 1.54) is 12.1 Å². The molecule has 0 aliphatic heterocycles. The smallest absolute Gasteiger partial charge is 0.252 e. The van der Waals surface area contributed by atoms with E-state index in [4.69, 9.17) is 9.88 Å². The van der Waals surface area contributed by atoms with Gasteiger partial charge in [0.05, 0.1) is 4.90 Å². The molecule has 0 heterocycles. The molecule has 2 aromatic rings. The number of aliphatic hydroxyl groups is 1. The van der Waals surface area contributed by atoms with Gasteiger partial charge in [-0.05, 0) is 42.7 Å². The van der Waals surface area contributed by atoms with Crippen molar-refractivity contribution >= 4 is 15.9 Å². The molecule has 4 N–H and O–H groups in total. The summed E-state index contributed by atoms with van der Waals surface area (Å²) in [5.41, 5.74) is 1.76. The van der Waals surface area contributed by atoms with Crippen molar-refractivity contribution in [3.05, 3.63) is 59.7 Å². The fourth-order valence-electron chi connectivity index (χ4n) is 2.26. The van der Waals surface area contributed by atoms with Crippen LogP contribution < -0.4 is 15.2 Å². The third-order valence-electron chi connectivity index (χ3n) is 3.76. The molecule has 2 aromatic carbocycles. The van der Waals surface area contributed by atoms with Gasteiger partial charge in [0.2, 0.25) is 10.0 Å². The zero-order valence-corrected chi connectivity index (χ0v) is 15.2. The number of carbonyl (C=O) groups is 1. The maximum atomic E-state index is 11.9. The molecule has 0 saturated carbocycles. The number of hydrogen-bond acceptors (Lipinski definition) is 5. The largest absolute Gasteiger partial charge is 0.490 e. The predicted octanol–water partition coefficient (Wildman–Crippen LogP) is 0.741. The van der Waals surface area contributed by atoms with Gasteiger partial charge in [0.1, 0.15) is 12.4 Å². The SMILES string of the molecule is Cc1ccccc1OCC(O)C(=O)NCCc1ccc(S(N)(=O)=O)cc1. The van der Waals surface area contributed by atoms with Crippen LogP contribution in [0.15, 0.2) is 53.4 Å². The predicted molar refractivity (Wildman–Crippen MR) is 97.2 cm³/mol.